The van der Waals surface area contributed by atoms with Crippen molar-refractivity contribution < 1.29 is 14.4 Å². The summed E-state index contributed by atoms with van der Waals surface area (Å²) in [5.74, 6) is -0.250. The molecule has 7 nitrogen and oxygen atoms in total. The van der Waals surface area contributed by atoms with Gasteiger partial charge in [-0.15, -0.1) is 0 Å². The maximum atomic E-state index is 12.9. The molecule has 2 saturated heterocycles. The summed E-state index contributed by atoms with van der Waals surface area (Å²) in [6.45, 7) is 5.94. The Bertz CT molecular complexity index is 523. The monoisotopic (exact) mass is 322 g/mol. The lowest BCUT2D eigenvalue weighted by molar-refractivity contribution is -0.142. The lowest BCUT2D eigenvalue weighted by Gasteiger charge is -2.37. The molecular formula is C16H26N4O3. The van der Waals surface area contributed by atoms with Gasteiger partial charge in [-0.3, -0.25) is 14.5 Å². The number of piperazine rings is 1. The fraction of sp³-hybridized carbons (Fsp3) is 0.812. The molecule has 128 valence electrons. The summed E-state index contributed by atoms with van der Waals surface area (Å²) >= 11 is 0. The summed E-state index contributed by atoms with van der Waals surface area (Å²) < 4.78 is 0. The second-order valence-electron chi connectivity index (χ2n) is 7.08. The van der Waals surface area contributed by atoms with Crippen LogP contribution in [0, 0.1) is 5.92 Å². The van der Waals surface area contributed by atoms with Gasteiger partial charge in [0, 0.05) is 25.7 Å². The van der Waals surface area contributed by atoms with Crippen LogP contribution in [0.1, 0.15) is 39.5 Å². The number of hydrogen-bond donors (Lipinski definition) is 2. The molecule has 0 aromatic rings. The van der Waals surface area contributed by atoms with E-state index in [4.69, 9.17) is 0 Å². The van der Waals surface area contributed by atoms with Crippen LogP contribution < -0.4 is 10.6 Å². The highest BCUT2D eigenvalue weighted by molar-refractivity contribution is 6.09. The molecule has 23 heavy (non-hydrogen) atoms. The third-order valence-corrected chi connectivity index (χ3v) is 5.62. The first kappa shape index (κ1) is 16.2. The van der Waals surface area contributed by atoms with Crippen molar-refractivity contribution in [1.29, 1.82) is 0 Å². The molecule has 2 heterocycles. The Morgan fingerprint density at radius 2 is 2.09 bits per heavy atom. The Morgan fingerprint density at radius 1 is 1.30 bits per heavy atom. The molecule has 2 N–H and O–H groups in total. The van der Waals surface area contributed by atoms with Crippen molar-refractivity contribution in [3.8, 4) is 0 Å². The van der Waals surface area contributed by atoms with Crippen LogP contribution in [0.15, 0.2) is 0 Å². The van der Waals surface area contributed by atoms with Crippen LogP contribution in [-0.4, -0.2) is 65.4 Å². The van der Waals surface area contributed by atoms with Crippen LogP contribution in [0.3, 0.4) is 0 Å². The van der Waals surface area contributed by atoms with Gasteiger partial charge in [-0.1, -0.05) is 19.8 Å². The van der Waals surface area contributed by atoms with Crippen LogP contribution in [-0.2, 0) is 9.59 Å². The van der Waals surface area contributed by atoms with E-state index in [0.717, 1.165) is 37.3 Å². The largest absolute Gasteiger partial charge is 0.336 e. The number of hydrogen-bond acceptors (Lipinski definition) is 4. The van der Waals surface area contributed by atoms with Crippen molar-refractivity contribution in [1.82, 2.24) is 20.4 Å². The number of nitrogens with one attached hydrogen (secondary N) is 2. The van der Waals surface area contributed by atoms with Crippen molar-refractivity contribution in [2.24, 2.45) is 5.92 Å². The van der Waals surface area contributed by atoms with Gasteiger partial charge in [-0.05, 0) is 25.7 Å². The molecule has 0 bridgehead atoms. The molecule has 0 aromatic carbocycles. The van der Waals surface area contributed by atoms with Crippen molar-refractivity contribution in [3.63, 3.8) is 0 Å². The van der Waals surface area contributed by atoms with Crippen LogP contribution in [0.25, 0.3) is 0 Å². The summed E-state index contributed by atoms with van der Waals surface area (Å²) in [7, 11) is 0. The number of imide groups is 1. The first-order chi connectivity index (χ1) is 11.0. The average molecular weight is 322 g/mol. The zero-order valence-electron chi connectivity index (χ0n) is 13.9. The molecule has 0 aromatic heterocycles. The smallest absolute Gasteiger partial charge is 0.325 e. The summed E-state index contributed by atoms with van der Waals surface area (Å²) in [5, 5.41) is 6.12. The lowest BCUT2D eigenvalue weighted by Crippen LogP contribution is -2.56. The summed E-state index contributed by atoms with van der Waals surface area (Å²) in [6.07, 6.45) is 3.63. The highest BCUT2D eigenvalue weighted by atomic mass is 16.2. The third-order valence-electron chi connectivity index (χ3n) is 5.62. The molecule has 1 aliphatic carbocycles. The first-order valence-corrected chi connectivity index (χ1v) is 8.60. The van der Waals surface area contributed by atoms with Gasteiger partial charge in [0.1, 0.15) is 12.1 Å². The molecule has 1 saturated carbocycles. The van der Waals surface area contributed by atoms with Gasteiger partial charge in [0.25, 0.3) is 5.91 Å². The Kier molecular flexibility index (Phi) is 4.31. The van der Waals surface area contributed by atoms with E-state index < -0.39 is 11.6 Å². The van der Waals surface area contributed by atoms with E-state index in [9.17, 15) is 14.4 Å². The molecule has 1 spiro atoms. The lowest BCUT2D eigenvalue weighted by atomic mass is 9.73. The number of amides is 4. The quantitative estimate of drug-likeness (QED) is 0.717. The van der Waals surface area contributed by atoms with Crippen molar-refractivity contribution in [2.45, 2.75) is 51.1 Å². The Balaban J connectivity index is 1.72. The molecular weight excluding hydrogens is 296 g/mol. The molecule has 3 rings (SSSR count). The summed E-state index contributed by atoms with van der Waals surface area (Å²) in [5.41, 5.74) is -0.787. The Hall–Kier alpha value is -1.63. The third kappa shape index (κ3) is 2.71. The first-order valence-electron chi connectivity index (χ1n) is 8.60. The number of carbonyl (C=O) groups is 3. The zero-order chi connectivity index (χ0) is 16.6. The molecule has 7 heteroatoms. The van der Waals surface area contributed by atoms with E-state index in [1.54, 1.807) is 4.90 Å². The standard InChI is InChI=1S/C16H26N4O3/c1-11-5-3-4-6-16(11)14(22)20(15(23)18-16)10-13(21)19-8-7-17-9-12(19)2/h11-12,17H,3-10H2,1-2H3,(H,18,23)/t11?,12-,16?/m1/s1. The van der Waals surface area contributed by atoms with Gasteiger partial charge < -0.3 is 15.5 Å². The zero-order valence-corrected chi connectivity index (χ0v) is 13.9. The van der Waals surface area contributed by atoms with Gasteiger partial charge >= 0.3 is 6.03 Å². The molecule has 4 amide bonds. The van der Waals surface area contributed by atoms with Gasteiger partial charge in [0.15, 0.2) is 0 Å². The van der Waals surface area contributed by atoms with Crippen molar-refractivity contribution >= 4 is 17.8 Å². The predicted octanol–water partition coefficient (Wildman–Crippen LogP) is 0.307. The predicted molar refractivity (Wildman–Crippen MR) is 84.7 cm³/mol. The molecule has 3 fully saturated rings. The Morgan fingerprint density at radius 3 is 2.78 bits per heavy atom. The van der Waals surface area contributed by atoms with Crippen LogP contribution in [0.4, 0.5) is 4.79 Å². The van der Waals surface area contributed by atoms with Gasteiger partial charge in [-0.2, -0.15) is 0 Å². The van der Waals surface area contributed by atoms with Gasteiger partial charge in [0.2, 0.25) is 5.91 Å². The normalized spacial score (nSPS) is 34.9. The van der Waals surface area contributed by atoms with E-state index in [1.165, 1.54) is 0 Å². The van der Waals surface area contributed by atoms with E-state index in [1.807, 2.05) is 13.8 Å². The molecule has 2 unspecified atom stereocenters. The number of urea groups is 1. The fourth-order valence-corrected chi connectivity index (χ4v) is 4.08. The van der Waals surface area contributed by atoms with E-state index in [0.29, 0.717) is 13.0 Å². The van der Waals surface area contributed by atoms with Gasteiger partial charge in [-0.25, -0.2) is 4.79 Å². The van der Waals surface area contributed by atoms with Crippen LogP contribution >= 0.6 is 0 Å². The van der Waals surface area contributed by atoms with E-state index in [2.05, 4.69) is 10.6 Å². The SMILES string of the molecule is CC1CCCCC12NC(=O)N(CC(=O)N1CCNC[C@H]1C)C2=O. The summed E-state index contributed by atoms with van der Waals surface area (Å²) in [4.78, 5) is 40.6. The minimum atomic E-state index is -0.787. The van der Waals surface area contributed by atoms with Gasteiger partial charge in [0.05, 0.1) is 0 Å². The maximum absolute atomic E-state index is 12.9. The molecule has 3 aliphatic rings. The number of rotatable bonds is 2. The van der Waals surface area contributed by atoms with Crippen LogP contribution in [0.5, 0.6) is 0 Å². The van der Waals surface area contributed by atoms with E-state index >= 15 is 0 Å². The number of nitrogens with zero attached hydrogens (tertiary/aromatic N) is 2. The molecule has 0 radical (unpaired) electrons. The highest BCUT2D eigenvalue weighted by Crippen LogP contribution is 2.38. The van der Waals surface area contributed by atoms with Crippen molar-refractivity contribution in [3.05, 3.63) is 0 Å². The van der Waals surface area contributed by atoms with Crippen LogP contribution in [0.2, 0.25) is 0 Å². The fourth-order valence-electron chi connectivity index (χ4n) is 4.08. The molecule has 3 atom stereocenters. The average Bonchev–Trinajstić information content (AvgIpc) is 2.76. The maximum Gasteiger partial charge on any atom is 0.325 e. The second-order valence-corrected chi connectivity index (χ2v) is 7.08. The van der Waals surface area contributed by atoms with E-state index in [-0.39, 0.29) is 30.3 Å². The second kappa shape index (κ2) is 6.11. The minimum Gasteiger partial charge on any atom is -0.336 e. The number of carbonyl (C=O) groups excluding carboxylic acids is 3. The molecule has 2 aliphatic heterocycles. The topological polar surface area (TPSA) is 81.8 Å². The van der Waals surface area contributed by atoms with Crippen molar-refractivity contribution in [2.75, 3.05) is 26.2 Å². The Labute approximate surface area is 136 Å². The highest BCUT2D eigenvalue weighted by Gasteiger charge is 2.55. The minimum absolute atomic E-state index is 0.0829. The summed E-state index contributed by atoms with van der Waals surface area (Å²) in [6, 6.07) is -0.334.